The molecule has 0 bridgehead atoms. The summed E-state index contributed by atoms with van der Waals surface area (Å²) in [4.78, 5) is 0. The Hall–Kier alpha value is -1.65. The van der Waals surface area contributed by atoms with Crippen LogP contribution in [0.2, 0.25) is 0 Å². The van der Waals surface area contributed by atoms with Crippen molar-refractivity contribution in [2.75, 3.05) is 13.1 Å². The molecule has 0 aliphatic rings. The van der Waals surface area contributed by atoms with E-state index in [1.165, 1.54) is 5.56 Å². The van der Waals surface area contributed by atoms with Gasteiger partial charge in [-0.15, -0.1) is 0 Å². The summed E-state index contributed by atoms with van der Waals surface area (Å²) in [6, 6.07) is 10.4. The summed E-state index contributed by atoms with van der Waals surface area (Å²) in [5.41, 5.74) is 2.55. The highest BCUT2D eigenvalue weighted by molar-refractivity contribution is 5.34. The van der Waals surface area contributed by atoms with Gasteiger partial charge in [-0.2, -0.15) is 5.10 Å². The third-order valence-electron chi connectivity index (χ3n) is 2.97. The van der Waals surface area contributed by atoms with Gasteiger partial charge in [0.1, 0.15) is 0 Å². The monoisotopic (exact) mass is 272 g/mol. The largest absolute Gasteiger partial charge is 0.311 e. The number of rotatable bonds is 6. The summed E-state index contributed by atoms with van der Waals surface area (Å²) in [6.07, 6.45) is 3.75. The molecular formula is C16H24N4. The Balaban J connectivity index is 1.81. The van der Waals surface area contributed by atoms with Gasteiger partial charge in [-0.05, 0) is 44.5 Å². The highest BCUT2D eigenvalue weighted by Gasteiger charge is 2.06. The van der Waals surface area contributed by atoms with Crippen molar-refractivity contribution in [2.45, 2.75) is 32.9 Å². The Morgan fingerprint density at radius 3 is 2.70 bits per heavy atom. The first-order valence-corrected chi connectivity index (χ1v) is 7.09. The van der Waals surface area contributed by atoms with Gasteiger partial charge in [0.15, 0.2) is 0 Å². The molecule has 0 amide bonds. The topological polar surface area (TPSA) is 41.9 Å². The second-order valence-electron chi connectivity index (χ2n) is 5.97. The van der Waals surface area contributed by atoms with Crippen LogP contribution in [-0.2, 0) is 6.54 Å². The first kappa shape index (κ1) is 14.8. The smallest absolute Gasteiger partial charge is 0.0648 e. The molecule has 0 fully saturated rings. The van der Waals surface area contributed by atoms with Gasteiger partial charge in [0.25, 0.3) is 0 Å². The van der Waals surface area contributed by atoms with E-state index in [0.717, 1.165) is 25.3 Å². The standard InChI is InChI=1S/C16H24N4/c1-16(2,3)18-10-9-17-13-14-6-4-7-15(12-14)20-11-5-8-19-20/h4-8,11-12,17-18H,9-10,13H2,1-3H3. The van der Waals surface area contributed by atoms with Crippen LogP contribution in [0, 0.1) is 0 Å². The number of aromatic nitrogens is 2. The molecule has 0 atom stereocenters. The van der Waals surface area contributed by atoms with Gasteiger partial charge in [0, 0.05) is 37.6 Å². The van der Waals surface area contributed by atoms with E-state index in [2.05, 4.69) is 60.8 Å². The minimum atomic E-state index is 0.182. The van der Waals surface area contributed by atoms with E-state index in [9.17, 15) is 0 Å². The molecule has 2 rings (SSSR count). The van der Waals surface area contributed by atoms with Gasteiger partial charge < -0.3 is 10.6 Å². The minimum absolute atomic E-state index is 0.182. The molecule has 0 spiro atoms. The Kier molecular flexibility index (Phi) is 4.93. The quantitative estimate of drug-likeness (QED) is 0.793. The second kappa shape index (κ2) is 6.68. The van der Waals surface area contributed by atoms with Crippen molar-refractivity contribution >= 4 is 0 Å². The number of hydrogen-bond acceptors (Lipinski definition) is 3. The fraction of sp³-hybridized carbons (Fsp3) is 0.438. The molecule has 0 saturated heterocycles. The van der Waals surface area contributed by atoms with Gasteiger partial charge in [0.05, 0.1) is 5.69 Å². The third kappa shape index (κ3) is 4.79. The van der Waals surface area contributed by atoms with Crippen molar-refractivity contribution < 1.29 is 0 Å². The van der Waals surface area contributed by atoms with Crippen molar-refractivity contribution in [3.05, 3.63) is 48.3 Å². The predicted octanol–water partition coefficient (Wildman–Crippen LogP) is 2.35. The van der Waals surface area contributed by atoms with Gasteiger partial charge >= 0.3 is 0 Å². The molecule has 1 heterocycles. The van der Waals surface area contributed by atoms with Crippen LogP contribution in [0.3, 0.4) is 0 Å². The van der Waals surface area contributed by atoms with E-state index in [1.54, 1.807) is 6.20 Å². The normalized spacial score (nSPS) is 11.8. The summed E-state index contributed by atoms with van der Waals surface area (Å²) in [5, 5.41) is 11.2. The van der Waals surface area contributed by atoms with Crippen LogP contribution < -0.4 is 10.6 Å². The average molecular weight is 272 g/mol. The fourth-order valence-electron chi connectivity index (χ4n) is 1.99. The van der Waals surface area contributed by atoms with Gasteiger partial charge in [-0.1, -0.05) is 12.1 Å². The maximum atomic E-state index is 4.25. The molecule has 1 aromatic carbocycles. The maximum absolute atomic E-state index is 4.25. The second-order valence-corrected chi connectivity index (χ2v) is 5.97. The van der Waals surface area contributed by atoms with E-state index in [1.807, 2.05) is 16.9 Å². The average Bonchev–Trinajstić information content (AvgIpc) is 2.91. The summed E-state index contributed by atoms with van der Waals surface area (Å²) in [7, 11) is 0. The molecule has 0 unspecified atom stereocenters. The molecule has 0 aliphatic carbocycles. The van der Waals surface area contributed by atoms with Crippen LogP contribution in [0.5, 0.6) is 0 Å². The zero-order valence-electron chi connectivity index (χ0n) is 12.6. The molecule has 0 saturated carbocycles. The van der Waals surface area contributed by atoms with E-state index in [0.29, 0.717) is 0 Å². The molecule has 0 radical (unpaired) electrons. The number of benzene rings is 1. The molecular weight excluding hydrogens is 248 g/mol. The molecule has 108 valence electrons. The van der Waals surface area contributed by atoms with E-state index >= 15 is 0 Å². The highest BCUT2D eigenvalue weighted by Crippen LogP contribution is 2.09. The van der Waals surface area contributed by atoms with Crippen molar-refractivity contribution in [1.82, 2.24) is 20.4 Å². The molecule has 1 aromatic heterocycles. The van der Waals surface area contributed by atoms with Gasteiger partial charge in [0.2, 0.25) is 0 Å². The molecule has 20 heavy (non-hydrogen) atoms. The lowest BCUT2D eigenvalue weighted by molar-refractivity contribution is 0.421. The van der Waals surface area contributed by atoms with Crippen molar-refractivity contribution in [1.29, 1.82) is 0 Å². The van der Waals surface area contributed by atoms with Crippen molar-refractivity contribution in [3.8, 4) is 5.69 Å². The van der Waals surface area contributed by atoms with Crippen LogP contribution in [0.1, 0.15) is 26.3 Å². The molecule has 2 aromatic rings. The Morgan fingerprint density at radius 1 is 1.15 bits per heavy atom. The van der Waals surface area contributed by atoms with Crippen LogP contribution in [0.15, 0.2) is 42.7 Å². The number of hydrogen-bond donors (Lipinski definition) is 2. The van der Waals surface area contributed by atoms with Crippen molar-refractivity contribution in [3.63, 3.8) is 0 Å². The number of nitrogens with one attached hydrogen (secondary N) is 2. The van der Waals surface area contributed by atoms with Gasteiger partial charge in [-0.3, -0.25) is 0 Å². The Morgan fingerprint density at radius 2 is 2.00 bits per heavy atom. The summed E-state index contributed by atoms with van der Waals surface area (Å²) < 4.78 is 1.88. The van der Waals surface area contributed by atoms with Crippen LogP contribution in [-0.4, -0.2) is 28.4 Å². The molecule has 0 aliphatic heterocycles. The number of nitrogens with zero attached hydrogens (tertiary/aromatic N) is 2. The van der Waals surface area contributed by atoms with E-state index < -0.39 is 0 Å². The summed E-state index contributed by atoms with van der Waals surface area (Å²) in [5.74, 6) is 0. The Labute approximate surface area is 121 Å². The zero-order valence-corrected chi connectivity index (χ0v) is 12.6. The molecule has 4 heteroatoms. The molecule has 4 nitrogen and oxygen atoms in total. The summed E-state index contributed by atoms with van der Waals surface area (Å²) in [6.45, 7) is 9.36. The lowest BCUT2D eigenvalue weighted by atomic mass is 10.1. The summed E-state index contributed by atoms with van der Waals surface area (Å²) >= 11 is 0. The van der Waals surface area contributed by atoms with Gasteiger partial charge in [-0.25, -0.2) is 4.68 Å². The first-order valence-electron chi connectivity index (χ1n) is 7.09. The van der Waals surface area contributed by atoms with Crippen LogP contribution >= 0.6 is 0 Å². The third-order valence-corrected chi connectivity index (χ3v) is 2.97. The molecule has 2 N–H and O–H groups in total. The van der Waals surface area contributed by atoms with Crippen LogP contribution in [0.4, 0.5) is 0 Å². The predicted molar refractivity (Wildman–Crippen MR) is 83.0 cm³/mol. The van der Waals surface area contributed by atoms with E-state index in [4.69, 9.17) is 0 Å². The van der Waals surface area contributed by atoms with Crippen LogP contribution in [0.25, 0.3) is 5.69 Å². The SMILES string of the molecule is CC(C)(C)NCCNCc1cccc(-n2cccn2)c1. The fourth-order valence-corrected chi connectivity index (χ4v) is 1.99. The Bertz CT molecular complexity index is 512. The van der Waals surface area contributed by atoms with E-state index in [-0.39, 0.29) is 5.54 Å². The van der Waals surface area contributed by atoms with Crippen molar-refractivity contribution in [2.24, 2.45) is 0 Å². The highest BCUT2D eigenvalue weighted by atomic mass is 15.3. The lowest BCUT2D eigenvalue weighted by Gasteiger charge is -2.20. The lowest BCUT2D eigenvalue weighted by Crippen LogP contribution is -2.40. The first-order chi connectivity index (χ1) is 9.54. The zero-order chi connectivity index (χ0) is 14.4. The maximum Gasteiger partial charge on any atom is 0.0648 e. The minimum Gasteiger partial charge on any atom is -0.311 e.